The van der Waals surface area contributed by atoms with E-state index in [-0.39, 0.29) is 6.04 Å². The lowest BCUT2D eigenvalue weighted by molar-refractivity contribution is 0.754. The highest BCUT2D eigenvalue weighted by molar-refractivity contribution is 5.83. The van der Waals surface area contributed by atoms with Gasteiger partial charge in [-0.3, -0.25) is 4.99 Å². The van der Waals surface area contributed by atoms with Crippen molar-refractivity contribution < 1.29 is 0 Å². The lowest BCUT2D eigenvalue weighted by Crippen LogP contribution is -2.27. The summed E-state index contributed by atoms with van der Waals surface area (Å²) in [5.74, 6) is 1.09. The average Bonchev–Trinajstić information content (AvgIpc) is 2.68. The second-order valence-electron chi connectivity index (χ2n) is 4.80. The molecule has 0 aromatic heterocycles. The van der Waals surface area contributed by atoms with Crippen LogP contribution >= 0.6 is 0 Å². The number of hydrogen-bond acceptors (Lipinski definition) is 2. The topological polar surface area (TPSA) is 24.4 Å². The summed E-state index contributed by atoms with van der Waals surface area (Å²) >= 11 is 0. The van der Waals surface area contributed by atoms with Gasteiger partial charge in [-0.05, 0) is 16.7 Å². The van der Waals surface area contributed by atoms with Gasteiger partial charge >= 0.3 is 0 Å². The summed E-state index contributed by atoms with van der Waals surface area (Å²) in [4.78, 5) is 4.66. The molecule has 1 aliphatic rings. The van der Waals surface area contributed by atoms with Gasteiger partial charge in [-0.2, -0.15) is 0 Å². The smallest absolute Gasteiger partial charge is 0.0971 e. The van der Waals surface area contributed by atoms with E-state index in [2.05, 4.69) is 71.8 Å². The van der Waals surface area contributed by atoms with Gasteiger partial charge in [0.2, 0.25) is 0 Å². The van der Waals surface area contributed by atoms with Crippen LogP contribution in [0.5, 0.6) is 0 Å². The third-order valence-electron chi connectivity index (χ3n) is 3.59. The molecule has 0 radical (unpaired) electrons. The lowest BCUT2D eigenvalue weighted by atomic mass is 9.95. The fraction of sp³-hybridized carbons (Fsp3) is 0.235. The minimum Gasteiger partial charge on any atom is -0.363 e. The second-order valence-corrected chi connectivity index (χ2v) is 4.80. The highest BCUT2D eigenvalue weighted by atomic mass is 15.0. The molecule has 0 spiro atoms. The first-order valence-corrected chi connectivity index (χ1v) is 6.81. The van der Waals surface area contributed by atoms with Gasteiger partial charge in [-0.15, -0.1) is 0 Å². The fourth-order valence-corrected chi connectivity index (χ4v) is 2.55. The van der Waals surface area contributed by atoms with Gasteiger partial charge in [0.05, 0.1) is 18.4 Å². The van der Waals surface area contributed by atoms with Gasteiger partial charge in [0.15, 0.2) is 0 Å². The summed E-state index contributed by atoms with van der Waals surface area (Å²) < 4.78 is 0. The molecule has 96 valence electrons. The maximum absolute atomic E-state index is 4.66. The molecule has 0 saturated carbocycles. The number of benzene rings is 2. The van der Waals surface area contributed by atoms with Crippen LogP contribution in [0.25, 0.3) is 0 Å². The van der Waals surface area contributed by atoms with Crippen molar-refractivity contribution in [3.05, 3.63) is 71.3 Å². The molecule has 0 bridgehead atoms. The Kier molecular flexibility index (Phi) is 3.32. The maximum atomic E-state index is 4.66. The molecule has 1 atom stereocenters. The zero-order chi connectivity index (χ0) is 13.1. The van der Waals surface area contributed by atoms with E-state index in [1.54, 1.807) is 0 Å². The molecule has 2 heteroatoms. The van der Waals surface area contributed by atoms with E-state index in [1.165, 1.54) is 16.7 Å². The van der Waals surface area contributed by atoms with Crippen LogP contribution in [0.4, 0.5) is 0 Å². The number of nitrogens with one attached hydrogen (secondary N) is 1. The Morgan fingerprint density at radius 2 is 1.79 bits per heavy atom. The molecule has 0 fully saturated rings. The second kappa shape index (κ2) is 5.27. The molecular formula is C17H18N2. The Hall–Kier alpha value is -2.09. The first-order valence-electron chi connectivity index (χ1n) is 6.81. The van der Waals surface area contributed by atoms with Crippen molar-refractivity contribution >= 4 is 5.84 Å². The highest BCUT2D eigenvalue weighted by Gasteiger charge is 2.20. The molecule has 1 N–H and O–H groups in total. The number of aliphatic imine (C=N–C) groups is 1. The summed E-state index contributed by atoms with van der Waals surface area (Å²) in [6.07, 6.45) is 0.942. The van der Waals surface area contributed by atoms with E-state index in [0.29, 0.717) is 0 Å². The highest BCUT2D eigenvalue weighted by Crippen LogP contribution is 2.27. The van der Waals surface area contributed by atoms with Crippen molar-refractivity contribution in [2.24, 2.45) is 4.99 Å². The van der Waals surface area contributed by atoms with Crippen molar-refractivity contribution in [3.63, 3.8) is 0 Å². The first kappa shape index (κ1) is 12.0. The molecule has 2 nitrogen and oxygen atoms in total. The Bertz CT molecular complexity index is 587. The lowest BCUT2D eigenvalue weighted by Gasteiger charge is -2.21. The van der Waals surface area contributed by atoms with Gasteiger partial charge in [0.25, 0.3) is 0 Å². The number of hydrogen-bond donors (Lipinski definition) is 1. The maximum Gasteiger partial charge on any atom is 0.0971 e. The van der Waals surface area contributed by atoms with Crippen LogP contribution in [0.1, 0.15) is 36.1 Å². The summed E-state index contributed by atoms with van der Waals surface area (Å²) in [5.41, 5.74) is 3.94. The van der Waals surface area contributed by atoms with E-state index in [1.807, 2.05) is 0 Å². The fourth-order valence-electron chi connectivity index (χ4n) is 2.55. The van der Waals surface area contributed by atoms with Crippen molar-refractivity contribution in [1.82, 2.24) is 5.32 Å². The van der Waals surface area contributed by atoms with Gasteiger partial charge in [-0.1, -0.05) is 61.5 Å². The largest absolute Gasteiger partial charge is 0.363 e. The van der Waals surface area contributed by atoms with Gasteiger partial charge in [0.1, 0.15) is 0 Å². The molecular weight excluding hydrogens is 232 g/mol. The van der Waals surface area contributed by atoms with Crippen LogP contribution in [-0.4, -0.2) is 5.84 Å². The summed E-state index contributed by atoms with van der Waals surface area (Å²) in [6, 6.07) is 19.4. The monoisotopic (exact) mass is 250 g/mol. The summed E-state index contributed by atoms with van der Waals surface area (Å²) in [5, 5.41) is 3.59. The van der Waals surface area contributed by atoms with Crippen molar-refractivity contribution in [2.75, 3.05) is 0 Å². The SMILES string of the molecule is CCC1=NCc2ccccc2[C@H](c2ccccc2)N1. The Morgan fingerprint density at radius 3 is 2.58 bits per heavy atom. The number of nitrogens with zero attached hydrogens (tertiary/aromatic N) is 1. The van der Waals surface area contributed by atoms with Crippen molar-refractivity contribution in [2.45, 2.75) is 25.9 Å². The molecule has 0 amide bonds. The minimum atomic E-state index is 0.207. The van der Waals surface area contributed by atoms with Gasteiger partial charge < -0.3 is 5.32 Å². The molecule has 3 rings (SSSR count). The Morgan fingerprint density at radius 1 is 1.05 bits per heavy atom. The molecule has 1 aliphatic heterocycles. The van der Waals surface area contributed by atoms with Crippen LogP contribution < -0.4 is 5.32 Å². The summed E-state index contributed by atoms with van der Waals surface area (Å²) in [7, 11) is 0. The van der Waals surface area contributed by atoms with E-state index in [9.17, 15) is 0 Å². The van der Waals surface area contributed by atoms with Crippen LogP contribution in [0.2, 0.25) is 0 Å². The molecule has 2 aromatic rings. The van der Waals surface area contributed by atoms with Crippen molar-refractivity contribution in [1.29, 1.82) is 0 Å². The first-order chi connectivity index (χ1) is 9.38. The third-order valence-corrected chi connectivity index (χ3v) is 3.59. The zero-order valence-electron chi connectivity index (χ0n) is 11.1. The van der Waals surface area contributed by atoms with Gasteiger partial charge in [0, 0.05) is 6.42 Å². The van der Waals surface area contributed by atoms with Crippen molar-refractivity contribution in [3.8, 4) is 0 Å². The van der Waals surface area contributed by atoms with Crippen LogP contribution in [0.3, 0.4) is 0 Å². The van der Waals surface area contributed by atoms with E-state index >= 15 is 0 Å². The molecule has 0 saturated heterocycles. The zero-order valence-corrected chi connectivity index (χ0v) is 11.1. The van der Waals surface area contributed by atoms with Gasteiger partial charge in [-0.25, -0.2) is 0 Å². The molecule has 2 aromatic carbocycles. The normalized spacial score (nSPS) is 17.9. The predicted octanol–water partition coefficient (Wildman–Crippen LogP) is 3.69. The van der Waals surface area contributed by atoms with Crippen LogP contribution in [0, 0.1) is 0 Å². The molecule has 0 unspecified atom stereocenters. The molecule has 0 aliphatic carbocycles. The van der Waals surface area contributed by atoms with E-state index < -0.39 is 0 Å². The van der Waals surface area contributed by atoms with E-state index in [4.69, 9.17) is 0 Å². The molecule has 19 heavy (non-hydrogen) atoms. The van der Waals surface area contributed by atoms with Crippen LogP contribution in [-0.2, 0) is 6.54 Å². The Labute approximate surface area is 114 Å². The molecule has 1 heterocycles. The quantitative estimate of drug-likeness (QED) is 0.863. The van der Waals surface area contributed by atoms with E-state index in [0.717, 1.165) is 18.8 Å². The Balaban J connectivity index is 2.08. The third kappa shape index (κ3) is 2.39. The number of fused-ring (bicyclic) bond motifs is 1. The minimum absolute atomic E-state index is 0.207. The number of amidine groups is 1. The predicted molar refractivity (Wildman–Crippen MR) is 79.3 cm³/mol. The van der Waals surface area contributed by atoms with Crippen LogP contribution in [0.15, 0.2) is 59.6 Å². The number of rotatable bonds is 2. The summed E-state index contributed by atoms with van der Waals surface area (Å²) in [6.45, 7) is 2.92. The average molecular weight is 250 g/mol. The standard InChI is InChI=1S/C17H18N2/c1-2-16-18-12-14-10-6-7-11-15(14)17(19-16)13-8-4-3-5-9-13/h3-11,17H,2,12H2,1H3,(H,18,19)/t17-/m0/s1.